The van der Waals surface area contributed by atoms with Crippen LogP contribution in [0.1, 0.15) is 53.4 Å². The number of hydrogen-bond acceptors (Lipinski definition) is 6. The van der Waals surface area contributed by atoms with Crippen LogP contribution in [0.25, 0.3) is 0 Å². The fourth-order valence-electron chi connectivity index (χ4n) is 1.32. The molecule has 108 valence electrons. The average Bonchev–Trinajstić information content (AvgIpc) is 2.41. The number of azo groups is 1. The fourth-order valence-corrected chi connectivity index (χ4v) is 1.32. The van der Waals surface area contributed by atoms with Crippen LogP contribution in [0.4, 0.5) is 0 Å². The van der Waals surface area contributed by atoms with Gasteiger partial charge in [0.25, 0.3) is 0 Å². The van der Waals surface area contributed by atoms with Gasteiger partial charge in [-0.05, 0) is 40.5 Å². The van der Waals surface area contributed by atoms with Gasteiger partial charge in [-0.15, -0.1) is 0 Å². The van der Waals surface area contributed by atoms with Gasteiger partial charge in [0.15, 0.2) is 11.1 Å². The Bertz CT molecular complexity index is 442. The minimum atomic E-state index is -1.12. The average molecular weight is 276 g/mol. The van der Waals surface area contributed by atoms with Gasteiger partial charge < -0.3 is 9.59 Å². The molecule has 0 aromatic heterocycles. The third-order valence-electron chi connectivity index (χ3n) is 2.90. The fraction of sp³-hybridized carbons (Fsp3) is 0.714. The molecule has 2 unspecified atom stereocenters. The van der Waals surface area contributed by atoms with Crippen molar-refractivity contribution in [3.63, 3.8) is 0 Å². The Labute approximate surface area is 119 Å². The van der Waals surface area contributed by atoms with Crippen molar-refractivity contribution >= 4 is 11.6 Å². The van der Waals surface area contributed by atoms with Gasteiger partial charge in [-0.1, -0.05) is 0 Å². The molecular formula is C14H20N4O2. The summed E-state index contributed by atoms with van der Waals surface area (Å²) in [7, 11) is 0. The molecule has 0 saturated heterocycles. The molecule has 0 aromatic carbocycles. The first-order chi connectivity index (χ1) is 9.16. The highest BCUT2D eigenvalue weighted by Gasteiger charge is 2.28. The molecule has 0 N–H and O–H groups in total. The molecule has 0 amide bonds. The van der Waals surface area contributed by atoms with E-state index in [1.165, 1.54) is 13.8 Å². The molecule has 0 radical (unpaired) electrons. The zero-order valence-electron chi connectivity index (χ0n) is 12.4. The molecule has 0 aliphatic carbocycles. The van der Waals surface area contributed by atoms with Crippen LogP contribution in [0.3, 0.4) is 0 Å². The summed E-state index contributed by atoms with van der Waals surface area (Å²) < 4.78 is 0. The standard InChI is InChI=1S/C14H20N4O2/c1-11(19)5-7-13(3,9-15)17-18-14(4,10-16)8-6-12(2)20/h5-8H2,1-4H3. The van der Waals surface area contributed by atoms with Gasteiger partial charge in [-0.2, -0.15) is 20.8 Å². The second-order valence-electron chi connectivity index (χ2n) is 5.38. The van der Waals surface area contributed by atoms with E-state index in [4.69, 9.17) is 10.5 Å². The van der Waals surface area contributed by atoms with Crippen molar-refractivity contribution in [1.29, 1.82) is 10.5 Å². The van der Waals surface area contributed by atoms with E-state index in [0.717, 1.165) is 0 Å². The molecule has 0 bridgehead atoms. The molecule has 2 atom stereocenters. The first kappa shape index (κ1) is 17.9. The predicted molar refractivity (Wildman–Crippen MR) is 72.7 cm³/mol. The van der Waals surface area contributed by atoms with Crippen LogP contribution in [0.5, 0.6) is 0 Å². The van der Waals surface area contributed by atoms with Crippen LogP contribution in [0.2, 0.25) is 0 Å². The highest BCUT2D eigenvalue weighted by molar-refractivity contribution is 5.75. The normalized spacial score (nSPS) is 16.7. The smallest absolute Gasteiger partial charge is 0.165 e. The van der Waals surface area contributed by atoms with Crippen molar-refractivity contribution in [3.05, 3.63) is 0 Å². The van der Waals surface area contributed by atoms with Crippen molar-refractivity contribution < 1.29 is 9.59 Å². The van der Waals surface area contributed by atoms with Crippen molar-refractivity contribution in [2.75, 3.05) is 0 Å². The number of carbonyl (C=O) groups is 2. The van der Waals surface area contributed by atoms with Crippen LogP contribution in [0, 0.1) is 22.7 Å². The van der Waals surface area contributed by atoms with E-state index in [1.54, 1.807) is 13.8 Å². The minimum Gasteiger partial charge on any atom is -0.300 e. The van der Waals surface area contributed by atoms with Gasteiger partial charge in [0.1, 0.15) is 11.6 Å². The van der Waals surface area contributed by atoms with Gasteiger partial charge in [-0.25, -0.2) is 0 Å². The topological polar surface area (TPSA) is 106 Å². The largest absolute Gasteiger partial charge is 0.300 e. The van der Waals surface area contributed by atoms with Crippen LogP contribution in [-0.4, -0.2) is 22.6 Å². The molecule has 0 fully saturated rings. The lowest BCUT2D eigenvalue weighted by atomic mass is 9.96. The molecule has 20 heavy (non-hydrogen) atoms. The summed E-state index contributed by atoms with van der Waals surface area (Å²) in [5, 5.41) is 26.2. The summed E-state index contributed by atoms with van der Waals surface area (Å²) in [6.45, 7) is 6.03. The zero-order valence-corrected chi connectivity index (χ0v) is 12.4. The molecule has 0 aromatic rings. The third-order valence-corrected chi connectivity index (χ3v) is 2.90. The number of nitrogens with zero attached hydrogens (tertiary/aromatic N) is 4. The van der Waals surface area contributed by atoms with Gasteiger partial charge in [0, 0.05) is 12.8 Å². The monoisotopic (exact) mass is 276 g/mol. The van der Waals surface area contributed by atoms with Gasteiger partial charge in [0.2, 0.25) is 0 Å². The van der Waals surface area contributed by atoms with Crippen molar-refractivity contribution in [2.24, 2.45) is 10.2 Å². The number of nitriles is 2. The first-order valence-electron chi connectivity index (χ1n) is 6.42. The maximum absolute atomic E-state index is 11.0. The summed E-state index contributed by atoms with van der Waals surface area (Å²) in [6, 6.07) is 4.01. The van der Waals surface area contributed by atoms with E-state index < -0.39 is 11.1 Å². The lowest BCUT2D eigenvalue weighted by Gasteiger charge is -2.18. The molecule has 6 heteroatoms. The highest BCUT2D eigenvalue weighted by Crippen LogP contribution is 2.23. The first-order valence-corrected chi connectivity index (χ1v) is 6.42. The Kier molecular flexibility index (Phi) is 6.72. The Morgan fingerprint density at radius 2 is 1.20 bits per heavy atom. The quantitative estimate of drug-likeness (QED) is 0.635. The van der Waals surface area contributed by atoms with Gasteiger partial charge in [-0.3, -0.25) is 0 Å². The Hall–Kier alpha value is -2.08. The van der Waals surface area contributed by atoms with Crippen LogP contribution in [-0.2, 0) is 9.59 Å². The molecule has 0 aliphatic rings. The predicted octanol–water partition coefficient (Wildman–Crippen LogP) is 2.74. The van der Waals surface area contributed by atoms with Crippen LogP contribution >= 0.6 is 0 Å². The minimum absolute atomic E-state index is 0.0266. The maximum Gasteiger partial charge on any atom is 0.165 e. The molecule has 6 nitrogen and oxygen atoms in total. The Morgan fingerprint density at radius 1 is 0.900 bits per heavy atom. The number of carbonyl (C=O) groups excluding carboxylic acids is 2. The molecule has 0 saturated carbocycles. The van der Waals surface area contributed by atoms with Crippen molar-refractivity contribution in [1.82, 2.24) is 0 Å². The van der Waals surface area contributed by atoms with E-state index in [9.17, 15) is 9.59 Å². The summed E-state index contributed by atoms with van der Waals surface area (Å²) in [5.74, 6) is -0.0531. The lowest BCUT2D eigenvalue weighted by Crippen LogP contribution is -2.24. The molecule has 0 aliphatic heterocycles. The van der Waals surface area contributed by atoms with Gasteiger partial charge in [0.05, 0.1) is 12.1 Å². The number of rotatable bonds is 8. The van der Waals surface area contributed by atoms with E-state index in [0.29, 0.717) is 0 Å². The van der Waals surface area contributed by atoms with E-state index in [-0.39, 0.29) is 37.2 Å². The zero-order chi connectivity index (χ0) is 15.8. The Morgan fingerprint density at radius 3 is 1.40 bits per heavy atom. The second kappa shape index (κ2) is 7.49. The summed E-state index contributed by atoms with van der Waals surface area (Å²) in [6.07, 6.45) is 0.993. The van der Waals surface area contributed by atoms with E-state index in [2.05, 4.69) is 10.2 Å². The van der Waals surface area contributed by atoms with E-state index >= 15 is 0 Å². The summed E-state index contributed by atoms with van der Waals surface area (Å²) in [4.78, 5) is 21.9. The molecule has 0 rings (SSSR count). The number of hydrogen-bond donors (Lipinski definition) is 0. The maximum atomic E-state index is 11.0. The lowest BCUT2D eigenvalue weighted by molar-refractivity contribution is -0.118. The van der Waals surface area contributed by atoms with E-state index in [1.807, 2.05) is 12.1 Å². The van der Waals surface area contributed by atoms with Crippen LogP contribution in [0.15, 0.2) is 10.2 Å². The molecular weight excluding hydrogens is 256 g/mol. The highest BCUT2D eigenvalue weighted by atomic mass is 16.1. The summed E-state index contributed by atoms with van der Waals surface area (Å²) in [5.41, 5.74) is -2.25. The molecule has 0 spiro atoms. The third kappa shape index (κ3) is 6.75. The summed E-state index contributed by atoms with van der Waals surface area (Å²) >= 11 is 0. The number of ketones is 2. The van der Waals surface area contributed by atoms with Crippen LogP contribution < -0.4 is 0 Å². The Balaban J connectivity index is 4.92. The number of Topliss-reactive ketones (excluding diaryl/α,β-unsaturated/α-hetero) is 2. The van der Waals surface area contributed by atoms with Crippen molar-refractivity contribution in [2.45, 2.75) is 64.5 Å². The van der Waals surface area contributed by atoms with Gasteiger partial charge >= 0.3 is 0 Å². The van der Waals surface area contributed by atoms with Crippen molar-refractivity contribution in [3.8, 4) is 12.1 Å². The SMILES string of the molecule is CC(=O)CCC(C)(C#N)N=NC(C)(C#N)CCC(C)=O. The molecule has 0 heterocycles. The second-order valence-corrected chi connectivity index (χ2v) is 5.38.